The maximum absolute atomic E-state index is 13.0. The zero-order valence-electron chi connectivity index (χ0n) is 17.1. The Bertz CT molecular complexity index is 635. The van der Waals surface area contributed by atoms with Crippen molar-refractivity contribution in [2.45, 2.75) is 57.9 Å². The van der Waals surface area contributed by atoms with Gasteiger partial charge in [0.05, 0.1) is 21.3 Å². The molecule has 1 aliphatic heterocycles. The second-order valence-electron chi connectivity index (χ2n) is 7.90. The molecule has 1 amide bonds. The third kappa shape index (κ3) is 4.17. The first-order valence-corrected chi connectivity index (χ1v) is 10.2. The normalized spacial score (nSPS) is 24.9. The quantitative estimate of drug-likeness (QED) is 0.752. The highest BCUT2D eigenvalue weighted by Gasteiger charge is 2.39. The predicted molar refractivity (Wildman–Crippen MR) is 106 cm³/mol. The number of piperidine rings is 1. The Morgan fingerprint density at radius 2 is 1.70 bits per heavy atom. The van der Waals surface area contributed by atoms with Gasteiger partial charge in [-0.05, 0) is 55.2 Å². The van der Waals surface area contributed by atoms with Crippen molar-refractivity contribution >= 4 is 5.91 Å². The second-order valence-corrected chi connectivity index (χ2v) is 7.90. The van der Waals surface area contributed by atoms with Gasteiger partial charge in [-0.25, -0.2) is 0 Å². The Kier molecular flexibility index (Phi) is 6.51. The van der Waals surface area contributed by atoms with Crippen molar-refractivity contribution in [2.24, 2.45) is 11.8 Å². The summed E-state index contributed by atoms with van der Waals surface area (Å²) in [5.74, 6) is 3.58. The standard InChI is InChI=1S/C22H33NO4/c1-15-11-12-23(18-8-6-5-7-17(15)18)21(24)10-9-16-13-19(25-2)22(27-4)20(14-16)26-3/h13-15,17-18H,5-12H2,1-4H3. The minimum atomic E-state index is 0.285. The van der Waals surface area contributed by atoms with E-state index in [4.69, 9.17) is 14.2 Å². The molecule has 3 rings (SSSR count). The van der Waals surface area contributed by atoms with Crippen molar-refractivity contribution in [2.75, 3.05) is 27.9 Å². The monoisotopic (exact) mass is 375 g/mol. The predicted octanol–water partition coefficient (Wildman–Crippen LogP) is 4.07. The number of aryl methyl sites for hydroxylation is 1. The molecule has 5 nitrogen and oxygen atoms in total. The van der Waals surface area contributed by atoms with Crippen molar-refractivity contribution < 1.29 is 19.0 Å². The lowest BCUT2D eigenvalue weighted by Gasteiger charge is -2.47. The molecule has 1 aromatic rings. The molecule has 1 saturated carbocycles. The maximum Gasteiger partial charge on any atom is 0.223 e. The number of carbonyl (C=O) groups is 1. The van der Waals surface area contributed by atoms with Crippen LogP contribution in [-0.2, 0) is 11.2 Å². The van der Waals surface area contributed by atoms with Crippen LogP contribution in [0.2, 0.25) is 0 Å². The molecule has 1 saturated heterocycles. The van der Waals surface area contributed by atoms with E-state index in [2.05, 4.69) is 11.8 Å². The van der Waals surface area contributed by atoms with Gasteiger partial charge in [-0.1, -0.05) is 19.8 Å². The second kappa shape index (κ2) is 8.85. The fourth-order valence-corrected chi connectivity index (χ4v) is 4.90. The third-order valence-electron chi connectivity index (χ3n) is 6.41. The van der Waals surface area contributed by atoms with Gasteiger partial charge in [-0.2, -0.15) is 0 Å². The van der Waals surface area contributed by atoms with Crippen molar-refractivity contribution in [3.63, 3.8) is 0 Å². The fraction of sp³-hybridized carbons (Fsp3) is 0.682. The van der Waals surface area contributed by atoms with Gasteiger partial charge >= 0.3 is 0 Å². The molecular weight excluding hydrogens is 342 g/mol. The third-order valence-corrected chi connectivity index (χ3v) is 6.41. The summed E-state index contributed by atoms with van der Waals surface area (Å²) in [7, 11) is 4.83. The van der Waals surface area contributed by atoms with Crippen LogP contribution in [-0.4, -0.2) is 44.7 Å². The summed E-state index contributed by atoms with van der Waals surface area (Å²) in [5.41, 5.74) is 1.03. The highest BCUT2D eigenvalue weighted by Crippen LogP contribution is 2.40. The Hall–Kier alpha value is -1.91. The van der Waals surface area contributed by atoms with Gasteiger partial charge in [0, 0.05) is 19.0 Å². The molecule has 2 fully saturated rings. The van der Waals surface area contributed by atoms with Gasteiger partial charge in [-0.15, -0.1) is 0 Å². The van der Waals surface area contributed by atoms with E-state index in [9.17, 15) is 4.79 Å². The van der Waals surface area contributed by atoms with Crippen molar-refractivity contribution in [3.05, 3.63) is 17.7 Å². The van der Waals surface area contributed by atoms with E-state index in [1.165, 1.54) is 25.7 Å². The van der Waals surface area contributed by atoms with E-state index < -0.39 is 0 Å². The molecule has 3 unspecified atom stereocenters. The molecule has 5 heteroatoms. The fourth-order valence-electron chi connectivity index (χ4n) is 4.90. The van der Waals surface area contributed by atoms with E-state index in [1.807, 2.05) is 12.1 Å². The van der Waals surface area contributed by atoms with Crippen molar-refractivity contribution in [3.8, 4) is 17.2 Å². The summed E-state index contributed by atoms with van der Waals surface area (Å²) >= 11 is 0. The first kappa shape index (κ1) is 19.8. The number of fused-ring (bicyclic) bond motifs is 1. The van der Waals surface area contributed by atoms with Crippen molar-refractivity contribution in [1.82, 2.24) is 4.90 Å². The Labute approximate surface area is 163 Å². The summed E-state index contributed by atoms with van der Waals surface area (Å²) in [6, 6.07) is 4.34. The van der Waals surface area contributed by atoms with Crippen LogP contribution >= 0.6 is 0 Å². The molecule has 1 heterocycles. The lowest BCUT2D eigenvalue weighted by molar-refractivity contribution is -0.139. The van der Waals surface area contributed by atoms with E-state index in [0.717, 1.165) is 24.4 Å². The molecule has 1 aromatic carbocycles. The number of rotatable bonds is 6. The minimum absolute atomic E-state index is 0.285. The molecule has 27 heavy (non-hydrogen) atoms. The van der Waals surface area contributed by atoms with Crippen LogP contribution in [0.1, 0.15) is 51.0 Å². The number of hydrogen-bond donors (Lipinski definition) is 0. The number of benzene rings is 1. The smallest absolute Gasteiger partial charge is 0.223 e. The lowest BCUT2D eigenvalue weighted by Crippen LogP contribution is -2.52. The first-order chi connectivity index (χ1) is 13.1. The zero-order chi connectivity index (χ0) is 19.4. The summed E-state index contributed by atoms with van der Waals surface area (Å²) in [6.45, 7) is 3.27. The lowest BCUT2D eigenvalue weighted by atomic mass is 9.72. The molecule has 1 aliphatic carbocycles. The molecule has 0 N–H and O–H groups in total. The van der Waals surface area contributed by atoms with Gasteiger partial charge in [-0.3, -0.25) is 4.79 Å². The van der Waals surface area contributed by atoms with Gasteiger partial charge in [0.2, 0.25) is 11.7 Å². The van der Waals surface area contributed by atoms with E-state index in [-0.39, 0.29) is 5.91 Å². The largest absolute Gasteiger partial charge is 0.493 e. The van der Waals surface area contributed by atoms with Crippen LogP contribution in [0.3, 0.4) is 0 Å². The summed E-state index contributed by atoms with van der Waals surface area (Å²) in [4.78, 5) is 15.2. The molecule has 2 aliphatic rings. The maximum atomic E-state index is 13.0. The molecule has 0 bridgehead atoms. The van der Waals surface area contributed by atoms with E-state index in [0.29, 0.717) is 42.0 Å². The Morgan fingerprint density at radius 3 is 2.33 bits per heavy atom. The molecule has 150 valence electrons. The van der Waals surface area contributed by atoms with Crippen LogP contribution < -0.4 is 14.2 Å². The number of methoxy groups -OCH3 is 3. The molecular formula is C22H33NO4. The number of hydrogen-bond acceptors (Lipinski definition) is 4. The molecule has 0 radical (unpaired) electrons. The van der Waals surface area contributed by atoms with E-state index in [1.54, 1.807) is 21.3 Å². The van der Waals surface area contributed by atoms with Gasteiger partial charge in [0.15, 0.2) is 11.5 Å². The molecule has 0 aromatic heterocycles. The summed E-state index contributed by atoms with van der Waals surface area (Å²) in [5, 5.41) is 0. The van der Waals surface area contributed by atoms with Crippen LogP contribution in [0.25, 0.3) is 0 Å². The van der Waals surface area contributed by atoms with E-state index >= 15 is 0 Å². The summed E-state index contributed by atoms with van der Waals surface area (Å²) < 4.78 is 16.2. The first-order valence-electron chi connectivity index (χ1n) is 10.2. The van der Waals surface area contributed by atoms with Gasteiger partial charge < -0.3 is 19.1 Å². The van der Waals surface area contributed by atoms with Crippen LogP contribution in [0.4, 0.5) is 0 Å². The summed E-state index contributed by atoms with van der Waals surface area (Å²) in [6.07, 6.45) is 7.36. The van der Waals surface area contributed by atoms with Crippen molar-refractivity contribution in [1.29, 1.82) is 0 Å². The minimum Gasteiger partial charge on any atom is -0.493 e. The number of likely N-dealkylation sites (tertiary alicyclic amines) is 1. The Balaban J connectivity index is 1.68. The highest BCUT2D eigenvalue weighted by molar-refractivity contribution is 5.77. The zero-order valence-corrected chi connectivity index (χ0v) is 17.1. The number of ether oxygens (including phenoxy) is 3. The van der Waals surface area contributed by atoms with Gasteiger partial charge in [0.1, 0.15) is 0 Å². The topological polar surface area (TPSA) is 48.0 Å². The Morgan fingerprint density at radius 1 is 1.04 bits per heavy atom. The SMILES string of the molecule is COc1cc(CCC(=O)N2CCC(C)C3CCCCC32)cc(OC)c1OC. The number of carbonyl (C=O) groups excluding carboxylic acids is 1. The van der Waals surface area contributed by atoms with Crippen LogP contribution in [0.5, 0.6) is 17.2 Å². The average molecular weight is 376 g/mol. The molecule has 3 atom stereocenters. The average Bonchev–Trinajstić information content (AvgIpc) is 2.71. The molecule has 0 spiro atoms. The highest BCUT2D eigenvalue weighted by atomic mass is 16.5. The number of nitrogens with zero attached hydrogens (tertiary/aromatic N) is 1. The van der Waals surface area contributed by atoms with Crippen LogP contribution in [0, 0.1) is 11.8 Å². The van der Waals surface area contributed by atoms with Crippen LogP contribution in [0.15, 0.2) is 12.1 Å². The number of amides is 1. The van der Waals surface area contributed by atoms with Gasteiger partial charge in [0.25, 0.3) is 0 Å².